The van der Waals surface area contributed by atoms with E-state index in [0.29, 0.717) is 12.3 Å². The van der Waals surface area contributed by atoms with Gasteiger partial charge < -0.3 is 10.5 Å². The molecule has 2 rings (SSSR count). The predicted molar refractivity (Wildman–Crippen MR) is 73.9 cm³/mol. The predicted octanol–water partition coefficient (Wildman–Crippen LogP) is 0.327. The maximum Gasteiger partial charge on any atom is 0.277 e. The first kappa shape index (κ1) is 14.3. The number of nitrogen functional groups attached to an aromatic ring is 1. The number of hydrogen-bond donors (Lipinski definition) is 3. The Kier molecular flexibility index (Phi) is 4.41. The van der Waals surface area contributed by atoms with Crippen LogP contribution in [-0.4, -0.2) is 28.7 Å². The Morgan fingerprint density at radius 3 is 3.00 bits per heavy atom. The second kappa shape index (κ2) is 5.87. The number of nitrogens with two attached hydrogens (primary N) is 1. The summed E-state index contributed by atoms with van der Waals surface area (Å²) in [5.41, 5.74) is 8.55. The largest absolute Gasteiger partial charge is 0.399 e. The van der Waals surface area contributed by atoms with Crippen LogP contribution in [0.1, 0.15) is 23.6 Å². The van der Waals surface area contributed by atoms with Gasteiger partial charge in [0.15, 0.2) is 0 Å². The average molecular weight is 285 g/mol. The summed E-state index contributed by atoms with van der Waals surface area (Å²) >= 11 is 0. The highest BCUT2D eigenvalue weighted by molar-refractivity contribution is 7.87. The van der Waals surface area contributed by atoms with Crippen molar-refractivity contribution in [1.82, 2.24) is 9.44 Å². The Balaban J connectivity index is 2.02. The first-order chi connectivity index (χ1) is 9.02. The van der Waals surface area contributed by atoms with E-state index in [4.69, 9.17) is 10.5 Å². The molecule has 6 nitrogen and oxygen atoms in total. The summed E-state index contributed by atoms with van der Waals surface area (Å²) < 4.78 is 33.6. The average Bonchev–Trinajstić information content (AvgIpc) is 2.71. The van der Waals surface area contributed by atoms with Crippen molar-refractivity contribution >= 4 is 15.9 Å². The number of fused-ring (bicyclic) bond motifs is 1. The summed E-state index contributed by atoms with van der Waals surface area (Å²) in [6.07, 6.45) is 1.59. The summed E-state index contributed by atoms with van der Waals surface area (Å²) in [4.78, 5) is 0. The fourth-order valence-corrected chi connectivity index (χ4v) is 3.32. The first-order valence-corrected chi connectivity index (χ1v) is 7.64. The van der Waals surface area contributed by atoms with Crippen LogP contribution in [0, 0.1) is 0 Å². The van der Waals surface area contributed by atoms with Crippen molar-refractivity contribution in [2.24, 2.45) is 0 Å². The molecule has 1 atom stereocenters. The van der Waals surface area contributed by atoms with Crippen LogP contribution < -0.4 is 15.2 Å². The molecule has 0 aliphatic heterocycles. The molecule has 0 spiro atoms. The molecular weight excluding hydrogens is 266 g/mol. The summed E-state index contributed by atoms with van der Waals surface area (Å²) in [7, 11) is -1.97. The monoisotopic (exact) mass is 285 g/mol. The molecule has 19 heavy (non-hydrogen) atoms. The van der Waals surface area contributed by atoms with E-state index in [2.05, 4.69) is 9.44 Å². The Labute approximate surface area is 113 Å². The third-order valence-electron chi connectivity index (χ3n) is 3.14. The van der Waals surface area contributed by atoms with Gasteiger partial charge in [-0.05, 0) is 36.1 Å². The van der Waals surface area contributed by atoms with Crippen LogP contribution in [0.25, 0.3) is 0 Å². The zero-order valence-electron chi connectivity index (χ0n) is 10.8. The molecule has 106 valence electrons. The second-order valence-electron chi connectivity index (χ2n) is 4.56. The van der Waals surface area contributed by atoms with E-state index >= 15 is 0 Å². The normalized spacial score (nSPS) is 18.5. The van der Waals surface area contributed by atoms with Crippen LogP contribution in [-0.2, 0) is 21.4 Å². The van der Waals surface area contributed by atoms with Gasteiger partial charge in [-0.2, -0.15) is 17.9 Å². The number of ether oxygens (including phenoxy) is 1. The molecule has 0 saturated heterocycles. The lowest BCUT2D eigenvalue weighted by molar-refractivity contribution is 0.204. The van der Waals surface area contributed by atoms with Gasteiger partial charge in [0.25, 0.3) is 10.2 Å². The van der Waals surface area contributed by atoms with Crippen LogP contribution in [0.4, 0.5) is 5.69 Å². The fourth-order valence-electron chi connectivity index (χ4n) is 2.27. The van der Waals surface area contributed by atoms with Crippen LogP contribution in [0.15, 0.2) is 18.2 Å². The van der Waals surface area contributed by atoms with Crippen LogP contribution in [0.2, 0.25) is 0 Å². The molecule has 0 radical (unpaired) electrons. The van der Waals surface area contributed by atoms with Crippen molar-refractivity contribution in [3.8, 4) is 0 Å². The maximum atomic E-state index is 11.8. The molecule has 0 fully saturated rings. The number of aryl methyl sites for hydroxylation is 1. The lowest BCUT2D eigenvalue weighted by atomic mass is 10.1. The van der Waals surface area contributed by atoms with Gasteiger partial charge in [0, 0.05) is 25.4 Å². The summed E-state index contributed by atoms with van der Waals surface area (Å²) in [6.45, 7) is 0.603. The molecule has 0 saturated carbocycles. The molecule has 0 amide bonds. The number of methoxy groups -OCH3 is 1. The summed E-state index contributed by atoms with van der Waals surface area (Å²) in [5, 5.41) is 0. The quantitative estimate of drug-likeness (QED) is 0.518. The molecule has 4 N–H and O–H groups in total. The van der Waals surface area contributed by atoms with E-state index in [9.17, 15) is 8.42 Å². The Morgan fingerprint density at radius 2 is 2.26 bits per heavy atom. The molecule has 0 aromatic heterocycles. The van der Waals surface area contributed by atoms with E-state index in [1.807, 2.05) is 12.1 Å². The van der Waals surface area contributed by atoms with Crippen LogP contribution in [0.3, 0.4) is 0 Å². The molecule has 1 unspecified atom stereocenters. The first-order valence-electron chi connectivity index (χ1n) is 6.16. The molecule has 0 heterocycles. The van der Waals surface area contributed by atoms with Gasteiger partial charge in [0.1, 0.15) is 0 Å². The molecule has 0 bridgehead atoms. The zero-order valence-corrected chi connectivity index (χ0v) is 11.7. The van der Waals surface area contributed by atoms with Crippen molar-refractivity contribution in [3.05, 3.63) is 29.3 Å². The summed E-state index contributed by atoms with van der Waals surface area (Å²) in [5.74, 6) is 0. The van der Waals surface area contributed by atoms with Gasteiger partial charge in [-0.15, -0.1) is 0 Å². The highest BCUT2D eigenvalue weighted by Gasteiger charge is 2.26. The lowest BCUT2D eigenvalue weighted by Crippen LogP contribution is -2.39. The van der Waals surface area contributed by atoms with Crippen molar-refractivity contribution in [3.63, 3.8) is 0 Å². The van der Waals surface area contributed by atoms with Gasteiger partial charge in [0.2, 0.25) is 0 Å². The third kappa shape index (κ3) is 3.66. The minimum absolute atomic E-state index is 0.185. The Hall–Kier alpha value is -1.15. The maximum absolute atomic E-state index is 11.8. The smallest absolute Gasteiger partial charge is 0.277 e. The van der Waals surface area contributed by atoms with Crippen LogP contribution >= 0.6 is 0 Å². The lowest BCUT2D eigenvalue weighted by Gasteiger charge is -2.15. The Morgan fingerprint density at radius 1 is 1.47 bits per heavy atom. The zero-order chi connectivity index (χ0) is 13.9. The number of hydrogen-bond acceptors (Lipinski definition) is 4. The highest BCUT2D eigenvalue weighted by atomic mass is 32.2. The SMILES string of the molecule is COCCNS(=O)(=O)NC1CCc2cc(N)ccc21. The molecule has 1 aliphatic carbocycles. The van der Waals surface area contributed by atoms with Gasteiger partial charge in [-0.3, -0.25) is 0 Å². The second-order valence-corrected chi connectivity index (χ2v) is 6.09. The minimum atomic E-state index is -3.50. The molecule has 7 heteroatoms. The van der Waals surface area contributed by atoms with Gasteiger partial charge >= 0.3 is 0 Å². The minimum Gasteiger partial charge on any atom is -0.399 e. The highest BCUT2D eigenvalue weighted by Crippen LogP contribution is 2.32. The van der Waals surface area contributed by atoms with Crippen molar-refractivity contribution in [2.45, 2.75) is 18.9 Å². The third-order valence-corrected chi connectivity index (χ3v) is 4.32. The van der Waals surface area contributed by atoms with E-state index in [0.717, 1.165) is 24.0 Å². The van der Waals surface area contributed by atoms with Crippen molar-refractivity contribution < 1.29 is 13.2 Å². The molecule has 1 aliphatic rings. The molecule has 1 aromatic carbocycles. The number of benzene rings is 1. The van der Waals surface area contributed by atoms with Crippen molar-refractivity contribution in [2.75, 3.05) is 26.0 Å². The van der Waals surface area contributed by atoms with Gasteiger partial charge in [0.05, 0.1) is 6.61 Å². The van der Waals surface area contributed by atoms with Gasteiger partial charge in [-0.25, -0.2) is 0 Å². The van der Waals surface area contributed by atoms with E-state index < -0.39 is 10.2 Å². The molecule has 1 aromatic rings. The molecular formula is C12H19N3O3S. The van der Waals surface area contributed by atoms with E-state index in [1.165, 1.54) is 7.11 Å². The summed E-state index contributed by atoms with van der Waals surface area (Å²) in [6, 6.07) is 5.40. The fraction of sp³-hybridized carbons (Fsp3) is 0.500. The number of nitrogens with one attached hydrogen (secondary N) is 2. The van der Waals surface area contributed by atoms with Crippen molar-refractivity contribution in [1.29, 1.82) is 0 Å². The van der Waals surface area contributed by atoms with Gasteiger partial charge in [-0.1, -0.05) is 6.07 Å². The van der Waals surface area contributed by atoms with E-state index in [1.54, 1.807) is 6.07 Å². The van der Waals surface area contributed by atoms with Crippen LogP contribution in [0.5, 0.6) is 0 Å². The topological polar surface area (TPSA) is 93.4 Å². The number of rotatable bonds is 6. The van der Waals surface area contributed by atoms with E-state index in [-0.39, 0.29) is 12.6 Å². The standard InChI is InChI=1S/C12H19N3O3S/c1-18-7-6-14-19(16,17)15-12-5-2-9-8-10(13)3-4-11(9)12/h3-4,8,12,14-15H,2,5-7,13H2,1H3. The number of anilines is 1. The Bertz CT molecular complexity index is 545.